The van der Waals surface area contributed by atoms with Gasteiger partial charge < -0.3 is 5.73 Å². The van der Waals surface area contributed by atoms with Crippen LogP contribution in [0.1, 0.15) is 16.7 Å². The van der Waals surface area contributed by atoms with Crippen molar-refractivity contribution in [3.8, 4) is 5.69 Å². The van der Waals surface area contributed by atoms with Gasteiger partial charge in [0, 0.05) is 6.07 Å². The molecule has 0 spiro atoms. The van der Waals surface area contributed by atoms with Crippen LogP contribution in [0.4, 0.5) is 5.82 Å². The average molecular weight is 321 g/mol. The molecular formula is C19H19N3O2. The molecule has 0 aliphatic carbocycles. The standard InChI is InChI=1S/C19H19N3O2/c1-13-7-6-8-14(2)18(13)22-16(20)11-17(23)21(19(22)24)12-15-9-4-3-5-10-15/h3-11H,12,20H2,1-2H3. The summed E-state index contributed by atoms with van der Waals surface area (Å²) >= 11 is 0. The minimum Gasteiger partial charge on any atom is -0.385 e. The van der Waals surface area contributed by atoms with Gasteiger partial charge in [-0.2, -0.15) is 0 Å². The van der Waals surface area contributed by atoms with Crippen molar-refractivity contribution in [1.82, 2.24) is 9.13 Å². The molecule has 2 N–H and O–H groups in total. The summed E-state index contributed by atoms with van der Waals surface area (Å²) in [6, 6.07) is 16.5. The predicted molar refractivity (Wildman–Crippen MR) is 95.7 cm³/mol. The number of hydrogen-bond acceptors (Lipinski definition) is 3. The van der Waals surface area contributed by atoms with Crippen molar-refractivity contribution in [3.05, 3.63) is 92.1 Å². The lowest BCUT2D eigenvalue weighted by Gasteiger charge is -2.16. The first-order chi connectivity index (χ1) is 11.5. The maximum absolute atomic E-state index is 13.0. The number of rotatable bonds is 3. The number of hydrogen-bond donors (Lipinski definition) is 1. The van der Waals surface area contributed by atoms with Crippen LogP contribution in [0, 0.1) is 13.8 Å². The summed E-state index contributed by atoms with van der Waals surface area (Å²) in [6.07, 6.45) is 0. The highest BCUT2D eigenvalue weighted by Crippen LogP contribution is 2.19. The van der Waals surface area contributed by atoms with Gasteiger partial charge in [0.25, 0.3) is 5.56 Å². The number of nitrogens with two attached hydrogens (primary N) is 1. The number of aromatic nitrogens is 2. The molecule has 3 aromatic rings. The Kier molecular flexibility index (Phi) is 4.08. The van der Waals surface area contributed by atoms with Crippen LogP contribution in [0.25, 0.3) is 5.69 Å². The van der Waals surface area contributed by atoms with E-state index in [1.807, 2.05) is 62.4 Å². The molecule has 1 aromatic heterocycles. The maximum atomic E-state index is 13.0. The van der Waals surface area contributed by atoms with Crippen molar-refractivity contribution in [3.63, 3.8) is 0 Å². The minimum atomic E-state index is -0.429. The third-order valence-electron chi connectivity index (χ3n) is 4.06. The second-order valence-corrected chi connectivity index (χ2v) is 5.84. The van der Waals surface area contributed by atoms with Crippen LogP contribution in [0.2, 0.25) is 0 Å². The zero-order valence-electron chi connectivity index (χ0n) is 13.7. The second-order valence-electron chi connectivity index (χ2n) is 5.84. The van der Waals surface area contributed by atoms with Crippen LogP contribution >= 0.6 is 0 Å². The Morgan fingerprint density at radius 1 is 0.917 bits per heavy atom. The molecule has 122 valence electrons. The molecule has 0 saturated heterocycles. The Morgan fingerprint density at radius 2 is 1.54 bits per heavy atom. The molecule has 0 radical (unpaired) electrons. The smallest absolute Gasteiger partial charge is 0.337 e. The number of benzene rings is 2. The number of nitrogens with zero attached hydrogens (tertiary/aromatic N) is 2. The lowest BCUT2D eigenvalue weighted by atomic mass is 10.1. The third kappa shape index (κ3) is 2.76. The van der Waals surface area contributed by atoms with Gasteiger partial charge in [-0.1, -0.05) is 48.5 Å². The summed E-state index contributed by atoms with van der Waals surface area (Å²) < 4.78 is 2.62. The summed E-state index contributed by atoms with van der Waals surface area (Å²) in [4.78, 5) is 25.3. The molecule has 0 fully saturated rings. The van der Waals surface area contributed by atoms with Crippen LogP contribution in [-0.4, -0.2) is 9.13 Å². The molecule has 0 saturated carbocycles. The highest BCUT2D eigenvalue weighted by atomic mass is 16.2. The van der Waals surface area contributed by atoms with Crippen molar-refractivity contribution < 1.29 is 0 Å². The lowest BCUT2D eigenvalue weighted by molar-refractivity contribution is 0.671. The van der Waals surface area contributed by atoms with Crippen LogP contribution in [-0.2, 0) is 6.54 Å². The highest BCUT2D eigenvalue weighted by molar-refractivity contribution is 5.51. The van der Waals surface area contributed by atoms with Gasteiger partial charge in [-0.25, -0.2) is 9.36 Å². The van der Waals surface area contributed by atoms with Gasteiger partial charge in [0.2, 0.25) is 0 Å². The lowest BCUT2D eigenvalue weighted by Crippen LogP contribution is -2.40. The predicted octanol–water partition coefficient (Wildman–Crippen LogP) is 2.25. The zero-order valence-corrected chi connectivity index (χ0v) is 13.7. The maximum Gasteiger partial charge on any atom is 0.337 e. The van der Waals surface area contributed by atoms with Gasteiger partial charge in [0.1, 0.15) is 5.82 Å². The largest absolute Gasteiger partial charge is 0.385 e. The first-order valence-electron chi connectivity index (χ1n) is 7.72. The second kappa shape index (κ2) is 6.20. The van der Waals surface area contributed by atoms with E-state index in [2.05, 4.69) is 0 Å². The monoisotopic (exact) mass is 321 g/mol. The van der Waals surface area contributed by atoms with Gasteiger partial charge in [-0.3, -0.25) is 9.36 Å². The van der Waals surface area contributed by atoms with E-state index in [0.29, 0.717) is 0 Å². The van der Waals surface area contributed by atoms with E-state index in [1.165, 1.54) is 15.2 Å². The van der Waals surface area contributed by atoms with E-state index >= 15 is 0 Å². The van der Waals surface area contributed by atoms with Crippen LogP contribution in [0.15, 0.2) is 64.2 Å². The van der Waals surface area contributed by atoms with Gasteiger partial charge in [-0.15, -0.1) is 0 Å². The SMILES string of the molecule is Cc1cccc(C)c1-n1c(N)cc(=O)n(Cc2ccccc2)c1=O. The topological polar surface area (TPSA) is 70.0 Å². The average Bonchev–Trinajstić information content (AvgIpc) is 2.55. The van der Waals surface area contributed by atoms with Crippen molar-refractivity contribution >= 4 is 5.82 Å². The minimum absolute atomic E-state index is 0.145. The highest BCUT2D eigenvalue weighted by Gasteiger charge is 2.14. The Hall–Kier alpha value is -3.08. The van der Waals surface area contributed by atoms with Crippen molar-refractivity contribution in [2.45, 2.75) is 20.4 Å². The molecule has 2 aromatic carbocycles. The van der Waals surface area contributed by atoms with Gasteiger partial charge >= 0.3 is 5.69 Å². The summed E-state index contributed by atoms with van der Waals surface area (Å²) in [5, 5.41) is 0. The number of anilines is 1. The van der Waals surface area contributed by atoms with Crippen molar-refractivity contribution in [1.29, 1.82) is 0 Å². The quantitative estimate of drug-likeness (QED) is 0.804. The van der Waals surface area contributed by atoms with E-state index in [1.54, 1.807) is 0 Å². The van der Waals surface area contributed by atoms with E-state index < -0.39 is 11.2 Å². The third-order valence-corrected chi connectivity index (χ3v) is 4.06. The van der Waals surface area contributed by atoms with Crippen molar-refractivity contribution in [2.75, 3.05) is 5.73 Å². The van der Waals surface area contributed by atoms with Crippen molar-refractivity contribution in [2.24, 2.45) is 0 Å². The summed E-state index contributed by atoms with van der Waals surface area (Å²) in [7, 11) is 0. The number of aryl methyl sites for hydroxylation is 2. The fraction of sp³-hybridized carbons (Fsp3) is 0.158. The molecule has 0 unspecified atom stereocenters. The number of para-hydroxylation sites is 1. The molecule has 0 amide bonds. The van der Waals surface area contributed by atoms with Crippen LogP contribution < -0.4 is 17.0 Å². The van der Waals surface area contributed by atoms with E-state index in [4.69, 9.17) is 5.73 Å². The fourth-order valence-electron chi connectivity index (χ4n) is 2.89. The fourth-order valence-corrected chi connectivity index (χ4v) is 2.89. The Labute approximate surface area is 139 Å². The van der Waals surface area contributed by atoms with Gasteiger partial charge in [-0.05, 0) is 30.5 Å². The molecule has 5 heteroatoms. The van der Waals surface area contributed by atoms with Crippen LogP contribution in [0.5, 0.6) is 0 Å². The van der Waals surface area contributed by atoms with E-state index in [0.717, 1.165) is 22.4 Å². The Balaban J connectivity index is 2.24. The molecule has 0 aliphatic rings. The summed E-state index contributed by atoms with van der Waals surface area (Å²) in [5.41, 5.74) is 8.63. The summed E-state index contributed by atoms with van der Waals surface area (Å²) in [5.74, 6) is 0.145. The van der Waals surface area contributed by atoms with Gasteiger partial charge in [0.05, 0.1) is 12.2 Å². The Bertz CT molecular complexity index is 981. The first kappa shape index (κ1) is 15.8. The van der Waals surface area contributed by atoms with E-state index in [9.17, 15) is 9.59 Å². The molecule has 0 bridgehead atoms. The number of nitrogen functional groups attached to an aromatic ring is 1. The molecule has 0 aliphatic heterocycles. The Morgan fingerprint density at radius 3 is 2.17 bits per heavy atom. The summed E-state index contributed by atoms with van der Waals surface area (Å²) in [6.45, 7) is 4.05. The zero-order chi connectivity index (χ0) is 17.3. The molecule has 0 atom stereocenters. The van der Waals surface area contributed by atoms with Crippen LogP contribution in [0.3, 0.4) is 0 Å². The normalized spacial score (nSPS) is 10.8. The molecule has 1 heterocycles. The molecule has 24 heavy (non-hydrogen) atoms. The van der Waals surface area contributed by atoms with Gasteiger partial charge in [0.15, 0.2) is 0 Å². The van der Waals surface area contributed by atoms with E-state index in [-0.39, 0.29) is 12.4 Å². The first-order valence-corrected chi connectivity index (χ1v) is 7.72. The molecule has 3 rings (SSSR count). The molecular weight excluding hydrogens is 302 g/mol. The molecule has 5 nitrogen and oxygen atoms in total.